The third-order valence-electron chi connectivity index (χ3n) is 4.78. The molecule has 0 aromatic heterocycles. The van der Waals surface area contributed by atoms with E-state index in [0.29, 0.717) is 11.1 Å². The number of hydrogen-bond acceptors (Lipinski definition) is 4. The van der Waals surface area contributed by atoms with E-state index in [1.165, 1.54) is 0 Å². The van der Waals surface area contributed by atoms with Gasteiger partial charge in [-0.05, 0) is 40.6 Å². The average Bonchev–Trinajstić information content (AvgIpc) is 2.76. The van der Waals surface area contributed by atoms with Crippen molar-refractivity contribution in [1.82, 2.24) is 0 Å². The molecule has 0 N–H and O–H groups in total. The molecule has 29 heavy (non-hydrogen) atoms. The predicted octanol–water partition coefficient (Wildman–Crippen LogP) is 5.40. The zero-order valence-corrected chi connectivity index (χ0v) is 16.0. The Bertz CT molecular complexity index is 1190. The summed E-state index contributed by atoms with van der Waals surface area (Å²) >= 11 is 0. The van der Waals surface area contributed by atoms with E-state index in [9.17, 15) is 9.59 Å². The van der Waals surface area contributed by atoms with Gasteiger partial charge < -0.3 is 9.47 Å². The summed E-state index contributed by atoms with van der Waals surface area (Å²) in [6.07, 6.45) is -0.569. The van der Waals surface area contributed by atoms with Gasteiger partial charge in [0.1, 0.15) is 12.7 Å². The Morgan fingerprint density at radius 3 is 1.76 bits per heavy atom. The summed E-state index contributed by atoms with van der Waals surface area (Å²) in [5, 5.41) is 3.61. The van der Waals surface area contributed by atoms with Gasteiger partial charge in [-0.15, -0.1) is 0 Å². The molecule has 0 aliphatic carbocycles. The van der Waals surface area contributed by atoms with Gasteiger partial charge in [-0.3, -0.25) is 0 Å². The molecule has 0 saturated heterocycles. The van der Waals surface area contributed by atoms with Crippen molar-refractivity contribution in [3.63, 3.8) is 0 Å². The summed E-state index contributed by atoms with van der Waals surface area (Å²) in [4.78, 5) is 25.1. The fraction of sp³-hybridized carbons (Fsp3) is 0.120. The highest BCUT2D eigenvalue weighted by molar-refractivity contribution is 6.05. The third kappa shape index (κ3) is 3.97. The standard InChI is InChI=1S/C25H20O4/c1-17(29-25(27)23-15-7-11-19-9-3-5-13-21(19)23)16-28-24(26)22-14-6-10-18-8-2-4-12-20(18)22/h2-15,17H,16H2,1H3. The van der Waals surface area contributed by atoms with Crippen LogP contribution in [0.1, 0.15) is 27.6 Å². The second-order valence-corrected chi connectivity index (χ2v) is 6.87. The van der Waals surface area contributed by atoms with Gasteiger partial charge >= 0.3 is 11.9 Å². The highest BCUT2D eigenvalue weighted by Gasteiger charge is 2.17. The van der Waals surface area contributed by atoms with Crippen LogP contribution >= 0.6 is 0 Å². The molecule has 4 heteroatoms. The van der Waals surface area contributed by atoms with Crippen molar-refractivity contribution < 1.29 is 19.1 Å². The molecule has 0 fully saturated rings. The van der Waals surface area contributed by atoms with E-state index in [4.69, 9.17) is 9.47 Å². The first kappa shape index (κ1) is 18.7. The number of hydrogen-bond donors (Lipinski definition) is 0. The lowest BCUT2D eigenvalue weighted by Gasteiger charge is -2.15. The van der Waals surface area contributed by atoms with Gasteiger partial charge in [-0.1, -0.05) is 72.8 Å². The van der Waals surface area contributed by atoms with E-state index in [-0.39, 0.29) is 6.61 Å². The fourth-order valence-electron chi connectivity index (χ4n) is 3.36. The van der Waals surface area contributed by atoms with E-state index in [1.54, 1.807) is 19.1 Å². The van der Waals surface area contributed by atoms with Crippen LogP contribution in [-0.4, -0.2) is 24.6 Å². The molecule has 4 aromatic rings. The van der Waals surface area contributed by atoms with Crippen molar-refractivity contribution in [1.29, 1.82) is 0 Å². The number of benzene rings is 4. The normalized spacial score (nSPS) is 11.9. The lowest BCUT2D eigenvalue weighted by Crippen LogP contribution is -2.22. The van der Waals surface area contributed by atoms with E-state index >= 15 is 0 Å². The summed E-state index contributed by atoms with van der Waals surface area (Å²) in [6.45, 7) is 1.69. The average molecular weight is 384 g/mol. The zero-order chi connectivity index (χ0) is 20.2. The fourth-order valence-corrected chi connectivity index (χ4v) is 3.36. The first-order valence-electron chi connectivity index (χ1n) is 9.47. The van der Waals surface area contributed by atoms with Gasteiger partial charge in [0.25, 0.3) is 0 Å². The molecular formula is C25H20O4. The van der Waals surface area contributed by atoms with Crippen molar-refractivity contribution in [2.24, 2.45) is 0 Å². The quantitative estimate of drug-likeness (QED) is 0.433. The molecule has 0 spiro atoms. The molecule has 144 valence electrons. The molecule has 0 bridgehead atoms. The Hall–Kier alpha value is -3.66. The van der Waals surface area contributed by atoms with Crippen LogP contribution in [0.3, 0.4) is 0 Å². The number of carbonyl (C=O) groups is 2. The molecule has 4 rings (SSSR count). The maximum absolute atomic E-state index is 12.6. The number of rotatable bonds is 5. The van der Waals surface area contributed by atoms with Crippen molar-refractivity contribution >= 4 is 33.5 Å². The topological polar surface area (TPSA) is 52.6 Å². The van der Waals surface area contributed by atoms with Crippen LogP contribution in [0.4, 0.5) is 0 Å². The van der Waals surface area contributed by atoms with Crippen LogP contribution in [0.5, 0.6) is 0 Å². The Labute approximate surface area is 168 Å². The predicted molar refractivity (Wildman–Crippen MR) is 113 cm³/mol. The second-order valence-electron chi connectivity index (χ2n) is 6.87. The van der Waals surface area contributed by atoms with Crippen LogP contribution in [0.15, 0.2) is 84.9 Å². The molecule has 0 aliphatic rings. The molecule has 1 unspecified atom stereocenters. The Balaban J connectivity index is 1.42. The van der Waals surface area contributed by atoms with Gasteiger partial charge in [-0.2, -0.15) is 0 Å². The molecule has 4 aromatic carbocycles. The Kier molecular flexibility index (Phi) is 5.25. The van der Waals surface area contributed by atoms with Crippen molar-refractivity contribution in [3.05, 3.63) is 96.1 Å². The smallest absolute Gasteiger partial charge is 0.339 e. The largest absolute Gasteiger partial charge is 0.458 e. The summed E-state index contributed by atoms with van der Waals surface area (Å²) in [7, 11) is 0. The van der Waals surface area contributed by atoms with Gasteiger partial charge in [0.15, 0.2) is 0 Å². The second kappa shape index (κ2) is 8.15. The number of carbonyl (C=O) groups excluding carboxylic acids is 2. The van der Waals surface area contributed by atoms with Gasteiger partial charge in [0.05, 0.1) is 11.1 Å². The maximum atomic E-state index is 12.6. The van der Waals surface area contributed by atoms with Crippen molar-refractivity contribution in [2.45, 2.75) is 13.0 Å². The Morgan fingerprint density at radius 2 is 1.17 bits per heavy atom. The summed E-state index contributed by atoms with van der Waals surface area (Å²) < 4.78 is 10.9. The highest BCUT2D eigenvalue weighted by Crippen LogP contribution is 2.21. The molecule has 0 heterocycles. The van der Waals surface area contributed by atoms with Crippen LogP contribution in [0.2, 0.25) is 0 Å². The molecule has 0 saturated carbocycles. The van der Waals surface area contributed by atoms with Crippen molar-refractivity contribution in [3.8, 4) is 0 Å². The molecule has 0 aliphatic heterocycles. The van der Waals surface area contributed by atoms with E-state index < -0.39 is 18.0 Å². The Morgan fingerprint density at radius 1 is 0.690 bits per heavy atom. The molecule has 1 atom stereocenters. The highest BCUT2D eigenvalue weighted by atomic mass is 16.6. The van der Waals surface area contributed by atoms with E-state index in [1.807, 2.05) is 72.8 Å². The summed E-state index contributed by atoms with van der Waals surface area (Å²) in [5.74, 6) is -0.870. The SMILES string of the molecule is CC(COC(=O)c1cccc2ccccc12)OC(=O)c1cccc2ccccc12. The molecule has 4 nitrogen and oxygen atoms in total. The molecular weight excluding hydrogens is 364 g/mol. The maximum Gasteiger partial charge on any atom is 0.339 e. The van der Waals surface area contributed by atoms with Gasteiger partial charge in [0, 0.05) is 0 Å². The molecule has 0 radical (unpaired) electrons. The summed E-state index contributed by atoms with van der Waals surface area (Å²) in [6, 6.07) is 26.3. The molecule has 0 amide bonds. The van der Waals surface area contributed by atoms with Crippen LogP contribution in [0, 0.1) is 0 Å². The van der Waals surface area contributed by atoms with Gasteiger partial charge in [0.2, 0.25) is 0 Å². The van der Waals surface area contributed by atoms with Crippen LogP contribution in [0.25, 0.3) is 21.5 Å². The van der Waals surface area contributed by atoms with Crippen LogP contribution in [-0.2, 0) is 9.47 Å². The first-order valence-corrected chi connectivity index (χ1v) is 9.47. The number of esters is 2. The van der Waals surface area contributed by atoms with Gasteiger partial charge in [-0.25, -0.2) is 9.59 Å². The monoisotopic (exact) mass is 384 g/mol. The van der Waals surface area contributed by atoms with E-state index in [2.05, 4.69) is 0 Å². The van der Waals surface area contributed by atoms with Crippen molar-refractivity contribution in [2.75, 3.05) is 6.61 Å². The minimum absolute atomic E-state index is 0.0153. The number of ether oxygens (including phenoxy) is 2. The first-order chi connectivity index (χ1) is 14.1. The summed E-state index contributed by atoms with van der Waals surface area (Å²) in [5.41, 5.74) is 0.992. The van der Waals surface area contributed by atoms with Crippen LogP contribution < -0.4 is 0 Å². The lowest BCUT2D eigenvalue weighted by molar-refractivity contribution is 0.00471. The minimum atomic E-state index is -0.569. The number of fused-ring (bicyclic) bond motifs is 2. The van der Waals surface area contributed by atoms with E-state index in [0.717, 1.165) is 21.5 Å². The zero-order valence-electron chi connectivity index (χ0n) is 16.0. The lowest BCUT2D eigenvalue weighted by atomic mass is 10.0. The third-order valence-corrected chi connectivity index (χ3v) is 4.78. The minimum Gasteiger partial charge on any atom is -0.458 e.